The number of carbonyl (C=O) groups excluding carboxylic acids is 1. The number of benzene rings is 2. The molecule has 1 aromatic heterocycles. The highest BCUT2D eigenvalue weighted by Crippen LogP contribution is 2.30. The normalized spacial score (nSPS) is 10.3. The molecule has 0 aliphatic rings. The molecule has 0 spiro atoms. The number of para-hydroxylation sites is 1. The lowest BCUT2D eigenvalue weighted by molar-refractivity contribution is 0.112. The van der Waals surface area contributed by atoms with Crippen LogP contribution in [0.3, 0.4) is 0 Å². The quantitative estimate of drug-likeness (QED) is 0.662. The van der Waals surface area contributed by atoms with Crippen molar-refractivity contribution in [3.05, 3.63) is 66.4 Å². The molecule has 0 aliphatic carbocycles. The summed E-state index contributed by atoms with van der Waals surface area (Å²) in [6.45, 7) is 0. The van der Waals surface area contributed by atoms with Gasteiger partial charge in [0.2, 0.25) is 0 Å². The van der Waals surface area contributed by atoms with Crippen molar-refractivity contribution in [2.24, 2.45) is 0 Å². The van der Waals surface area contributed by atoms with Gasteiger partial charge in [-0.15, -0.1) is 0 Å². The first-order valence-corrected chi connectivity index (χ1v) is 5.94. The Labute approximate surface area is 110 Å². The minimum Gasteiger partial charge on any atom is -0.456 e. The van der Waals surface area contributed by atoms with Gasteiger partial charge in [-0.05, 0) is 36.4 Å². The van der Waals surface area contributed by atoms with E-state index in [0.717, 1.165) is 17.2 Å². The summed E-state index contributed by atoms with van der Waals surface area (Å²) in [6.07, 6.45) is 2.53. The van der Waals surface area contributed by atoms with Crippen LogP contribution in [0.4, 0.5) is 0 Å². The number of carbonyl (C=O) groups is 1. The van der Waals surface area contributed by atoms with E-state index >= 15 is 0 Å². The van der Waals surface area contributed by atoms with E-state index in [4.69, 9.17) is 4.74 Å². The van der Waals surface area contributed by atoms with E-state index in [1.807, 2.05) is 36.4 Å². The summed E-state index contributed by atoms with van der Waals surface area (Å²) in [5.41, 5.74) is 1.40. The van der Waals surface area contributed by atoms with E-state index in [2.05, 4.69) is 4.98 Å². The number of rotatable bonds is 3. The smallest absolute Gasteiger partial charge is 0.153 e. The fourth-order valence-corrected chi connectivity index (χ4v) is 1.95. The van der Waals surface area contributed by atoms with Crippen molar-refractivity contribution in [3.8, 4) is 11.5 Å². The van der Waals surface area contributed by atoms with Crippen molar-refractivity contribution in [2.45, 2.75) is 0 Å². The molecule has 0 bridgehead atoms. The van der Waals surface area contributed by atoms with Crippen LogP contribution < -0.4 is 4.74 Å². The molecule has 0 saturated carbocycles. The van der Waals surface area contributed by atoms with Crippen LogP contribution in [0.25, 0.3) is 10.9 Å². The fraction of sp³-hybridized carbons (Fsp3) is 0. The van der Waals surface area contributed by atoms with E-state index in [1.165, 1.54) is 0 Å². The molecule has 3 nitrogen and oxygen atoms in total. The van der Waals surface area contributed by atoms with E-state index in [9.17, 15) is 4.79 Å². The lowest BCUT2D eigenvalue weighted by Gasteiger charge is -2.09. The van der Waals surface area contributed by atoms with Gasteiger partial charge in [0.25, 0.3) is 0 Å². The molecule has 3 heteroatoms. The highest BCUT2D eigenvalue weighted by molar-refractivity contribution is 5.86. The van der Waals surface area contributed by atoms with E-state index in [-0.39, 0.29) is 0 Å². The van der Waals surface area contributed by atoms with Crippen molar-refractivity contribution >= 4 is 17.2 Å². The maximum Gasteiger partial charge on any atom is 0.153 e. The van der Waals surface area contributed by atoms with Crippen LogP contribution >= 0.6 is 0 Å². The average molecular weight is 249 g/mol. The molecule has 0 fully saturated rings. The molecule has 0 amide bonds. The summed E-state index contributed by atoms with van der Waals surface area (Å²) in [5, 5.41) is 0.922. The summed E-state index contributed by atoms with van der Waals surface area (Å²) in [7, 11) is 0. The van der Waals surface area contributed by atoms with Gasteiger partial charge in [-0.2, -0.15) is 0 Å². The molecule has 0 atom stereocenters. The van der Waals surface area contributed by atoms with Crippen LogP contribution in [0.1, 0.15) is 10.4 Å². The van der Waals surface area contributed by atoms with Crippen LogP contribution in [0.15, 0.2) is 60.8 Å². The first-order valence-electron chi connectivity index (χ1n) is 5.94. The molecule has 0 saturated heterocycles. The van der Waals surface area contributed by atoms with Gasteiger partial charge in [-0.25, -0.2) is 0 Å². The molecule has 92 valence electrons. The van der Waals surface area contributed by atoms with Crippen LogP contribution in [0.5, 0.6) is 11.5 Å². The number of aromatic nitrogens is 1. The van der Waals surface area contributed by atoms with Gasteiger partial charge < -0.3 is 4.74 Å². The topological polar surface area (TPSA) is 39.2 Å². The lowest BCUT2D eigenvalue weighted by Crippen LogP contribution is -1.91. The molecule has 0 unspecified atom stereocenters. The Hall–Kier alpha value is -2.68. The molecular weight excluding hydrogens is 238 g/mol. The van der Waals surface area contributed by atoms with Crippen molar-refractivity contribution in [2.75, 3.05) is 0 Å². The molecule has 2 aromatic carbocycles. The molecule has 3 rings (SSSR count). The van der Waals surface area contributed by atoms with Crippen LogP contribution in [0.2, 0.25) is 0 Å². The molecular formula is C16H11NO2. The Morgan fingerprint density at radius 3 is 2.63 bits per heavy atom. The Morgan fingerprint density at radius 2 is 1.74 bits per heavy atom. The number of hydrogen-bond acceptors (Lipinski definition) is 3. The SMILES string of the molecule is O=Cc1ccccc1Oc1cccc2ncccc12. The predicted octanol–water partition coefficient (Wildman–Crippen LogP) is 3.84. The number of fused-ring (bicyclic) bond motifs is 1. The summed E-state index contributed by atoms with van der Waals surface area (Å²) in [6, 6.07) is 16.6. The Bertz CT molecular complexity index is 732. The van der Waals surface area contributed by atoms with E-state index in [0.29, 0.717) is 17.1 Å². The monoisotopic (exact) mass is 249 g/mol. The fourth-order valence-electron chi connectivity index (χ4n) is 1.95. The maximum absolute atomic E-state index is 11.0. The van der Waals surface area contributed by atoms with Crippen LogP contribution in [0, 0.1) is 0 Å². The average Bonchev–Trinajstić information content (AvgIpc) is 2.48. The van der Waals surface area contributed by atoms with Crippen molar-refractivity contribution in [1.82, 2.24) is 4.98 Å². The third-order valence-electron chi connectivity index (χ3n) is 2.87. The van der Waals surface area contributed by atoms with Crippen molar-refractivity contribution < 1.29 is 9.53 Å². The number of hydrogen-bond donors (Lipinski definition) is 0. The second kappa shape index (κ2) is 4.90. The third-order valence-corrected chi connectivity index (χ3v) is 2.87. The van der Waals surface area contributed by atoms with Gasteiger partial charge in [0.1, 0.15) is 11.5 Å². The number of aldehydes is 1. The summed E-state index contributed by atoms with van der Waals surface area (Å²) < 4.78 is 5.84. The molecule has 19 heavy (non-hydrogen) atoms. The zero-order valence-corrected chi connectivity index (χ0v) is 10.1. The first-order chi connectivity index (χ1) is 9.38. The molecule has 0 radical (unpaired) electrons. The first kappa shape index (κ1) is 11.4. The Morgan fingerprint density at radius 1 is 0.895 bits per heavy atom. The van der Waals surface area contributed by atoms with Gasteiger partial charge in [-0.1, -0.05) is 18.2 Å². The Balaban J connectivity index is 2.08. The standard InChI is InChI=1S/C16H11NO2/c18-11-12-5-1-2-8-15(12)19-16-9-3-7-14-13(16)6-4-10-17-14/h1-11H. The largest absolute Gasteiger partial charge is 0.456 e. The number of ether oxygens (including phenoxy) is 1. The molecule has 3 aromatic rings. The second-order valence-electron chi connectivity index (χ2n) is 4.08. The number of nitrogens with zero attached hydrogens (tertiary/aromatic N) is 1. The molecule has 0 aliphatic heterocycles. The van der Waals surface area contributed by atoms with E-state index in [1.54, 1.807) is 24.4 Å². The van der Waals surface area contributed by atoms with Gasteiger partial charge in [-0.3, -0.25) is 9.78 Å². The number of pyridine rings is 1. The van der Waals surface area contributed by atoms with Crippen molar-refractivity contribution in [3.63, 3.8) is 0 Å². The maximum atomic E-state index is 11.0. The van der Waals surface area contributed by atoms with Gasteiger partial charge >= 0.3 is 0 Å². The van der Waals surface area contributed by atoms with Gasteiger partial charge in [0, 0.05) is 11.6 Å². The van der Waals surface area contributed by atoms with Crippen molar-refractivity contribution in [1.29, 1.82) is 0 Å². The van der Waals surface area contributed by atoms with Gasteiger partial charge in [0.05, 0.1) is 11.1 Å². The molecule has 0 N–H and O–H groups in total. The Kier molecular flexibility index (Phi) is 2.94. The third kappa shape index (κ3) is 2.18. The lowest BCUT2D eigenvalue weighted by atomic mass is 10.2. The minimum absolute atomic E-state index is 0.531. The highest BCUT2D eigenvalue weighted by atomic mass is 16.5. The predicted molar refractivity (Wildman–Crippen MR) is 73.6 cm³/mol. The zero-order chi connectivity index (χ0) is 13.1. The summed E-state index contributed by atoms with van der Waals surface area (Å²) >= 11 is 0. The second-order valence-corrected chi connectivity index (χ2v) is 4.08. The van der Waals surface area contributed by atoms with E-state index < -0.39 is 0 Å². The summed E-state index contributed by atoms with van der Waals surface area (Å²) in [4.78, 5) is 15.3. The highest BCUT2D eigenvalue weighted by Gasteiger charge is 2.06. The molecule has 1 heterocycles. The van der Waals surface area contributed by atoms with Gasteiger partial charge in [0.15, 0.2) is 6.29 Å². The zero-order valence-electron chi connectivity index (χ0n) is 10.1. The van der Waals surface area contributed by atoms with Crippen LogP contribution in [-0.2, 0) is 0 Å². The summed E-state index contributed by atoms with van der Waals surface area (Å²) in [5.74, 6) is 1.24. The van der Waals surface area contributed by atoms with Crippen LogP contribution in [-0.4, -0.2) is 11.3 Å². The minimum atomic E-state index is 0.531.